The summed E-state index contributed by atoms with van der Waals surface area (Å²) in [5.41, 5.74) is 2.24. The highest BCUT2D eigenvalue weighted by atomic mass is 32.1. The molecule has 0 bridgehead atoms. The maximum absolute atomic E-state index is 14.0. The number of urea groups is 1. The molecule has 1 saturated heterocycles. The number of nitrogens with one attached hydrogen (secondary N) is 2. The third kappa shape index (κ3) is 3.58. The van der Waals surface area contributed by atoms with Gasteiger partial charge in [-0.15, -0.1) is 11.3 Å². The lowest BCUT2D eigenvalue weighted by Gasteiger charge is -2.23. The average molecular weight is 411 g/mol. The number of benzene rings is 2. The number of carbonyl (C=O) groups excluding carboxylic acids is 1. The Kier molecular flexibility index (Phi) is 4.47. The molecule has 5 rings (SSSR count). The lowest BCUT2D eigenvalue weighted by Crippen LogP contribution is -2.37. The highest BCUT2D eigenvalue weighted by molar-refractivity contribution is 7.13. The number of thiophene rings is 1. The molecule has 2 amide bonds. The van der Waals surface area contributed by atoms with E-state index in [1.54, 1.807) is 11.3 Å². The van der Waals surface area contributed by atoms with E-state index in [9.17, 15) is 13.6 Å². The van der Waals surface area contributed by atoms with Crippen LogP contribution >= 0.6 is 11.3 Å². The molecule has 1 unspecified atom stereocenters. The van der Waals surface area contributed by atoms with Crippen LogP contribution in [0.2, 0.25) is 0 Å². The summed E-state index contributed by atoms with van der Waals surface area (Å²) in [6, 6.07) is 15.3. The first-order chi connectivity index (χ1) is 14.1. The molecule has 0 radical (unpaired) electrons. The van der Waals surface area contributed by atoms with E-state index in [4.69, 9.17) is 0 Å². The zero-order valence-electron chi connectivity index (χ0n) is 15.4. The van der Waals surface area contributed by atoms with E-state index in [0.717, 1.165) is 22.2 Å². The molecule has 0 spiro atoms. The maximum atomic E-state index is 14.0. The number of carbonyl (C=O) groups is 1. The summed E-state index contributed by atoms with van der Waals surface area (Å²) in [6.07, 6.45) is 0. The van der Waals surface area contributed by atoms with Crippen molar-refractivity contribution in [2.24, 2.45) is 11.8 Å². The number of piperidine rings is 1. The Bertz CT molecular complexity index is 1040. The van der Waals surface area contributed by atoms with Gasteiger partial charge in [-0.05, 0) is 41.3 Å². The first-order valence-corrected chi connectivity index (χ1v) is 10.4. The smallest absolute Gasteiger partial charge is 0.319 e. The lowest BCUT2D eigenvalue weighted by molar-refractivity contribution is 0.250. The van der Waals surface area contributed by atoms with Crippen LogP contribution in [-0.2, 0) is 0 Å². The molecule has 2 fully saturated rings. The van der Waals surface area contributed by atoms with Gasteiger partial charge in [0, 0.05) is 47.6 Å². The van der Waals surface area contributed by atoms with E-state index < -0.39 is 11.6 Å². The van der Waals surface area contributed by atoms with Gasteiger partial charge in [0.05, 0.1) is 5.69 Å². The van der Waals surface area contributed by atoms with Crippen LogP contribution in [0.4, 0.5) is 25.0 Å². The van der Waals surface area contributed by atoms with E-state index in [1.807, 2.05) is 46.7 Å². The summed E-state index contributed by atoms with van der Waals surface area (Å²) < 4.78 is 27.1. The number of rotatable bonds is 4. The van der Waals surface area contributed by atoms with Crippen LogP contribution in [0.5, 0.6) is 0 Å². The van der Waals surface area contributed by atoms with Crippen molar-refractivity contribution in [3.05, 3.63) is 71.6 Å². The lowest BCUT2D eigenvalue weighted by atomic mass is 10.1. The van der Waals surface area contributed by atoms with Gasteiger partial charge in [-0.3, -0.25) is 0 Å². The van der Waals surface area contributed by atoms with Gasteiger partial charge in [-0.1, -0.05) is 18.2 Å². The number of amides is 2. The minimum Gasteiger partial charge on any atom is -0.368 e. The fourth-order valence-corrected chi connectivity index (χ4v) is 4.91. The van der Waals surface area contributed by atoms with Gasteiger partial charge in [0.15, 0.2) is 0 Å². The Labute approximate surface area is 171 Å². The molecule has 1 saturated carbocycles. The minimum atomic E-state index is -0.574. The van der Waals surface area contributed by atoms with Crippen molar-refractivity contribution in [3.8, 4) is 10.4 Å². The predicted molar refractivity (Wildman–Crippen MR) is 111 cm³/mol. The second kappa shape index (κ2) is 7.15. The molecule has 1 aromatic heterocycles. The quantitative estimate of drug-likeness (QED) is 0.638. The fraction of sp³-hybridized carbons (Fsp3) is 0.227. The Balaban J connectivity index is 1.17. The molecule has 3 aromatic rings. The Hall–Kier alpha value is -2.93. The summed E-state index contributed by atoms with van der Waals surface area (Å²) >= 11 is 1.66. The number of nitrogens with zero attached hydrogens (tertiary/aromatic N) is 1. The molecule has 1 aliphatic heterocycles. The molecule has 4 nitrogen and oxygen atoms in total. The second-order valence-electron chi connectivity index (χ2n) is 7.51. The predicted octanol–water partition coefficient (Wildman–Crippen LogP) is 4.95. The monoisotopic (exact) mass is 411 g/mol. The van der Waals surface area contributed by atoms with Crippen LogP contribution in [0.15, 0.2) is 60.0 Å². The Morgan fingerprint density at radius 2 is 1.86 bits per heavy atom. The maximum Gasteiger partial charge on any atom is 0.319 e. The topological polar surface area (TPSA) is 44.4 Å². The number of anilines is 2. The molecular weight excluding hydrogens is 392 g/mol. The number of hydrogen-bond donors (Lipinski definition) is 2. The summed E-state index contributed by atoms with van der Waals surface area (Å²) in [6.45, 7) is 1.32. The third-order valence-electron chi connectivity index (χ3n) is 5.67. The zero-order valence-corrected chi connectivity index (χ0v) is 16.3. The molecule has 2 heterocycles. The molecule has 2 aliphatic rings. The van der Waals surface area contributed by atoms with Gasteiger partial charge in [-0.25, -0.2) is 13.6 Å². The highest BCUT2D eigenvalue weighted by Crippen LogP contribution is 2.47. The molecule has 3 atom stereocenters. The van der Waals surface area contributed by atoms with Crippen molar-refractivity contribution in [2.75, 3.05) is 23.3 Å². The summed E-state index contributed by atoms with van der Waals surface area (Å²) in [5, 5.41) is 7.95. The standard InChI is InChI=1S/C22H19F2N3OS/c23-14-6-7-19(18(24)10-14)27-11-16-17(12-27)21(16)26-22(28)25-15-4-1-3-13(9-15)20-5-2-8-29-20/h1-10,16-17,21H,11-12H2,(H2,25,26,28)/t16-,17+,21?. The van der Waals surface area contributed by atoms with Crippen LogP contribution in [-0.4, -0.2) is 25.2 Å². The van der Waals surface area contributed by atoms with E-state index in [2.05, 4.69) is 10.6 Å². The zero-order chi connectivity index (χ0) is 20.0. The second-order valence-corrected chi connectivity index (χ2v) is 8.46. The number of hydrogen-bond acceptors (Lipinski definition) is 3. The minimum absolute atomic E-state index is 0.0928. The molecule has 1 aliphatic carbocycles. The van der Waals surface area contributed by atoms with Crippen LogP contribution < -0.4 is 15.5 Å². The van der Waals surface area contributed by atoms with Crippen molar-refractivity contribution in [3.63, 3.8) is 0 Å². The number of halogens is 2. The van der Waals surface area contributed by atoms with Gasteiger partial charge in [0.2, 0.25) is 0 Å². The van der Waals surface area contributed by atoms with Gasteiger partial charge >= 0.3 is 6.03 Å². The fourth-order valence-electron chi connectivity index (χ4n) is 4.19. The van der Waals surface area contributed by atoms with E-state index >= 15 is 0 Å². The molecule has 29 heavy (non-hydrogen) atoms. The van der Waals surface area contributed by atoms with Crippen molar-refractivity contribution in [1.82, 2.24) is 5.32 Å². The van der Waals surface area contributed by atoms with Gasteiger partial charge < -0.3 is 15.5 Å². The summed E-state index contributed by atoms with van der Waals surface area (Å²) in [5.74, 6) is -0.528. The third-order valence-corrected chi connectivity index (χ3v) is 6.59. The van der Waals surface area contributed by atoms with E-state index in [0.29, 0.717) is 30.6 Å². The van der Waals surface area contributed by atoms with Crippen LogP contribution in [0.3, 0.4) is 0 Å². The van der Waals surface area contributed by atoms with Crippen LogP contribution in [0.25, 0.3) is 10.4 Å². The molecular formula is C22H19F2N3OS. The van der Waals surface area contributed by atoms with Crippen molar-refractivity contribution >= 4 is 28.7 Å². The van der Waals surface area contributed by atoms with Gasteiger partial charge in [-0.2, -0.15) is 0 Å². The van der Waals surface area contributed by atoms with Crippen molar-refractivity contribution < 1.29 is 13.6 Å². The highest BCUT2D eigenvalue weighted by Gasteiger charge is 2.56. The molecule has 7 heteroatoms. The van der Waals surface area contributed by atoms with Crippen LogP contribution in [0.1, 0.15) is 0 Å². The SMILES string of the molecule is O=C(Nc1cccc(-c2cccs2)c1)NC1[C@H]2CN(c3ccc(F)cc3F)C[C@@H]12. The van der Waals surface area contributed by atoms with Crippen LogP contribution in [0, 0.1) is 23.5 Å². The first-order valence-electron chi connectivity index (χ1n) is 9.50. The average Bonchev–Trinajstić information content (AvgIpc) is 3.13. The van der Waals surface area contributed by atoms with E-state index in [-0.39, 0.29) is 12.1 Å². The Morgan fingerprint density at radius 1 is 1.03 bits per heavy atom. The van der Waals surface area contributed by atoms with Gasteiger partial charge in [0.1, 0.15) is 11.6 Å². The normalized spacial score (nSPS) is 22.3. The molecule has 148 valence electrons. The van der Waals surface area contributed by atoms with Crippen molar-refractivity contribution in [2.45, 2.75) is 6.04 Å². The van der Waals surface area contributed by atoms with Gasteiger partial charge in [0.25, 0.3) is 0 Å². The molecule has 2 N–H and O–H groups in total. The largest absolute Gasteiger partial charge is 0.368 e. The summed E-state index contributed by atoms with van der Waals surface area (Å²) in [4.78, 5) is 15.5. The van der Waals surface area contributed by atoms with E-state index in [1.165, 1.54) is 12.1 Å². The summed E-state index contributed by atoms with van der Waals surface area (Å²) in [7, 11) is 0. The first kappa shape index (κ1) is 18.1. The van der Waals surface area contributed by atoms with Crippen molar-refractivity contribution in [1.29, 1.82) is 0 Å². The Morgan fingerprint density at radius 3 is 2.59 bits per heavy atom. The molecule has 2 aromatic carbocycles. The number of fused-ring (bicyclic) bond motifs is 1.